The number of rotatable bonds is 8. The van der Waals surface area contributed by atoms with E-state index in [0.717, 1.165) is 5.75 Å². The van der Waals surface area contributed by atoms with E-state index in [1.807, 2.05) is 0 Å². The zero-order chi connectivity index (χ0) is 29.4. The van der Waals surface area contributed by atoms with Gasteiger partial charge in [-0.05, 0) is 96.2 Å². The lowest BCUT2D eigenvalue weighted by Crippen LogP contribution is -2.24. The molecule has 0 bridgehead atoms. The van der Waals surface area contributed by atoms with Crippen LogP contribution in [0, 0.1) is 6.92 Å². The molecule has 212 valence electrons. The lowest BCUT2D eigenvalue weighted by Gasteiger charge is -2.30. The highest BCUT2D eigenvalue weighted by Gasteiger charge is 2.28. The minimum Gasteiger partial charge on any atom is -0.487 e. The van der Waals surface area contributed by atoms with Crippen LogP contribution in [0.1, 0.15) is 153 Å². The summed E-state index contributed by atoms with van der Waals surface area (Å²) in [6.07, 6.45) is 0. The summed E-state index contributed by atoms with van der Waals surface area (Å²) in [6, 6.07) is 16.5. The van der Waals surface area contributed by atoms with Crippen LogP contribution in [0.25, 0.3) is 22.3 Å². The molecule has 0 amide bonds. The van der Waals surface area contributed by atoms with Crippen LogP contribution in [0.4, 0.5) is 0 Å². The first kappa shape index (κ1) is 31.0. The van der Waals surface area contributed by atoms with Crippen LogP contribution >= 0.6 is 0 Å². The molecular weight excluding hydrogens is 472 g/mol. The van der Waals surface area contributed by atoms with Gasteiger partial charge in [-0.15, -0.1) is 0 Å². The van der Waals surface area contributed by atoms with Gasteiger partial charge in [0.25, 0.3) is 0 Å². The summed E-state index contributed by atoms with van der Waals surface area (Å²) in [6.45, 7) is 31.9. The van der Waals surface area contributed by atoms with Gasteiger partial charge in [-0.25, -0.2) is 0 Å². The summed E-state index contributed by atoms with van der Waals surface area (Å²) in [5.41, 5.74) is 13.2. The number of hydrogen-bond donors (Lipinski definition) is 0. The molecule has 0 N–H and O–H groups in total. The van der Waals surface area contributed by atoms with Gasteiger partial charge >= 0.3 is 0 Å². The summed E-state index contributed by atoms with van der Waals surface area (Å²) in [7, 11) is 0. The average molecular weight is 527 g/mol. The lowest BCUT2D eigenvalue weighted by atomic mass is 9.79. The third-order valence-electron chi connectivity index (χ3n) is 7.68. The van der Waals surface area contributed by atoms with Crippen molar-refractivity contribution in [1.82, 2.24) is 0 Å². The first-order chi connectivity index (χ1) is 18.0. The molecule has 39 heavy (non-hydrogen) atoms. The molecule has 0 aliphatic heterocycles. The predicted octanol–water partition coefficient (Wildman–Crippen LogP) is 12.1. The Morgan fingerprint density at radius 2 is 0.897 bits per heavy atom. The minimum absolute atomic E-state index is 0.334. The van der Waals surface area contributed by atoms with Gasteiger partial charge in [-0.3, -0.25) is 0 Å². The Balaban J connectivity index is 2.57. The predicted molar refractivity (Wildman–Crippen MR) is 173 cm³/mol. The fourth-order valence-corrected chi connectivity index (χ4v) is 5.68. The Morgan fingerprint density at radius 3 is 1.21 bits per heavy atom. The molecule has 0 saturated carbocycles. The van der Waals surface area contributed by atoms with Crippen LogP contribution in [-0.2, 0) is 0 Å². The number of para-hydroxylation sites is 1. The number of ether oxygens (including phenoxy) is 1. The maximum atomic E-state index is 7.02. The van der Waals surface area contributed by atoms with E-state index in [1.54, 1.807) is 0 Å². The Bertz CT molecular complexity index is 1240. The van der Waals surface area contributed by atoms with E-state index >= 15 is 0 Å². The van der Waals surface area contributed by atoms with E-state index in [2.05, 4.69) is 139 Å². The molecule has 0 heterocycles. The Labute approximate surface area is 240 Å². The molecule has 0 aromatic heterocycles. The van der Waals surface area contributed by atoms with Crippen LogP contribution in [0.2, 0.25) is 0 Å². The van der Waals surface area contributed by atoms with Gasteiger partial charge in [0.1, 0.15) is 11.4 Å². The standard InChI is InChI=1S/C38H54O/c1-22(2)28-20-33(25(7)8)36(34(21-28)26(9)10)30-17-15-16-29(37(30)39-38(12,13)14)35-31(23(3)4)18-27(11)19-32(35)24(5)6/h15-26H,1-14H3. The third kappa shape index (κ3) is 6.79. The topological polar surface area (TPSA) is 9.23 Å². The average Bonchev–Trinajstić information content (AvgIpc) is 2.81. The summed E-state index contributed by atoms with van der Waals surface area (Å²) >= 11 is 0. The van der Waals surface area contributed by atoms with Crippen LogP contribution in [-0.4, -0.2) is 5.60 Å². The highest BCUT2D eigenvalue weighted by Crippen LogP contribution is 2.49. The lowest BCUT2D eigenvalue weighted by molar-refractivity contribution is 0.132. The number of benzene rings is 3. The van der Waals surface area contributed by atoms with Crippen molar-refractivity contribution in [3.63, 3.8) is 0 Å². The summed E-state index contributed by atoms with van der Waals surface area (Å²) in [4.78, 5) is 0. The molecule has 0 radical (unpaired) electrons. The first-order valence-corrected chi connectivity index (χ1v) is 15.2. The Kier molecular flexibility index (Phi) is 9.47. The van der Waals surface area contributed by atoms with Crippen molar-refractivity contribution in [2.24, 2.45) is 0 Å². The Morgan fingerprint density at radius 1 is 0.538 bits per heavy atom. The van der Waals surface area contributed by atoms with Crippen LogP contribution in [0.3, 0.4) is 0 Å². The fraction of sp³-hybridized carbons (Fsp3) is 0.526. The summed E-state index contributed by atoms with van der Waals surface area (Å²) < 4.78 is 7.02. The second kappa shape index (κ2) is 11.9. The zero-order valence-electron chi connectivity index (χ0n) is 27.3. The van der Waals surface area contributed by atoms with E-state index in [-0.39, 0.29) is 5.60 Å². The molecular formula is C38H54O. The molecule has 0 aliphatic carbocycles. The minimum atomic E-state index is -0.334. The molecule has 0 unspecified atom stereocenters. The second-order valence-corrected chi connectivity index (χ2v) is 14.1. The van der Waals surface area contributed by atoms with E-state index in [4.69, 9.17) is 4.74 Å². The highest BCUT2D eigenvalue weighted by atomic mass is 16.5. The third-order valence-corrected chi connectivity index (χ3v) is 7.68. The van der Waals surface area contributed by atoms with Gasteiger partial charge in [0, 0.05) is 11.1 Å². The van der Waals surface area contributed by atoms with Gasteiger partial charge in [0.15, 0.2) is 0 Å². The summed E-state index contributed by atoms with van der Waals surface area (Å²) in [5.74, 6) is 3.12. The maximum Gasteiger partial charge on any atom is 0.135 e. The van der Waals surface area contributed by atoms with E-state index in [9.17, 15) is 0 Å². The zero-order valence-corrected chi connectivity index (χ0v) is 27.3. The molecule has 0 saturated heterocycles. The second-order valence-electron chi connectivity index (χ2n) is 14.1. The monoisotopic (exact) mass is 526 g/mol. The molecule has 1 heteroatoms. The van der Waals surface area contributed by atoms with E-state index < -0.39 is 0 Å². The first-order valence-electron chi connectivity index (χ1n) is 15.2. The van der Waals surface area contributed by atoms with Crippen molar-refractivity contribution in [2.75, 3.05) is 0 Å². The van der Waals surface area contributed by atoms with Crippen LogP contribution < -0.4 is 4.74 Å². The van der Waals surface area contributed by atoms with Crippen molar-refractivity contribution in [3.8, 4) is 28.0 Å². The number of hydrogen-bond acceptors (Lipinski definition) is 1. The number of aryl methyl sites for hydroxylation is 1. The molecule has 0 fully saturated rings. The van der Waals surface area contributed by atoms with Crippen LogP contribution in [0.15, 0.2) is 42.5 Å². The van der Waals surface area contributed by atoms with Crippen molar-refractivity contribution in [1.29, 1.82) is 0 Å². The Hall–Kier alpha value is -2.54. The molecule has 0 spiro atoms. The maximum absolute atomic E-state index is 7.02. The summed E-state index contributed by atoms with van der Waals surface area (Å²) in [5, 5.41) is 0. The largest absolute Gasteiger partial charge is 0.487 e. The van der Waals surface area contributed by atoms with Crippen molar-refractivity contribution >= 4 is 0 Å². The van der Waals surface area contributed by atoms with Crippen molar-refractivity contribution in [2.45, 2.75) is 132 Å². The SMILES string of the molecule is Cc1cc(C(C)C)c(-c2cccc(-c3c(C(C)C)cc(C(C)C)cc3C(C)C)c2OC(C)(C)C)c(C(C)C)c1. The molecule has 1 nitrogen and oxygen atoms in total. The highest BCUT2D eigenvalue weighted by molar-refractivity contribution is 5.88. The molecule has 3 rings (SSSR count). The fourth-order valence-electron chi connectivity index (χ4n) is 5.68. The van der Waals surface area contributed by atoms with Crippen molar-refractivity contribution in [3.05, 3.63) is 75.8 Å². The smallest absolute Gasteiger partial charge is 0.135 e. The van der Waals surface area contributed by atoms with Crippen molar-refractivity contribution < 1.29 is 4.74 Å². The van der Waals surface area contributed by atoms with Gasteiger partial charge in [0.05, 0.1) is 0 Å². The molecule has 0 atom stereocenters. The molecule has 0 aliphatic rings. The normalized spacial score (nSPS) is 12.5. The van der Waals surface area contributed by atoms with E-state index in [0.29, 0.717) is 29.6 Å². The molecule has 3 aromatic rings. The van der Waals surface area contributed by atoms with E-state index in [1.165, 1.54) is 55.6 Å². The van der Waals surface area contributed by atoms with Gasteiger partial charge in [-0.2, -0.15) is 0 Å². The quantitative estimate of drug-likeness (QED) is 0.283. The van der Waals surface area contributed by atoms with Crippen LogP contribution in [0.5, 0.6) is 5.75 Å². The van der Waals surface area contributed by atoms with Gasteiger partial charge in [-0.1, -0.05) is 117 Å². The van der Waals surface area contributed by atoms with Gasteiger partial charge in [0.2, 0.25) is 0 Å². The van der Waals surface area contributed by atoms with Gasteiger partial charge < -0.3 is 4.74 Å². The molecule has 3 aromatic carbocycles.